The molecule has 1 atom stereocenters. The van der Waals surface area contributed by atoms with Gasteiger partial charge in [-0.2, -0.15) is 0 Å². The molecule has 0 aliphatic rings. The standard InChI is InChI=1S/C17H28N2O2/c1-5-13(17(2,3)4)11-16(18)19-14-7-6-8-15(12-14)21-10-9-20/h6-8,12-13,20H,5,9-11H2,1-4H3,(H2,18,19). The van der Waals surface area contributed by atoms with Gasteiger partial charge >= 0.3 is 0 Å². The van der Waals surface area contributed by atoms with Crippen molar-refractivity contribution in [3.8, 4) is 5.75 Å². The van der Waals surface area contributed by atoms with E-state index in [-0.39, 0.29) is 18.6 Å². The van der Waals surface area contributed by atoms with Crippen LogP contribution in [0, 0.1) is 11.3 Å². The molecule has 118 valence electrons. The lowest BCUT2D eigenvalue weighted by Crippen LogP contribution is -2.26. The lowest BCUT2D eigenvalue weighted by Gasteiger charge is -2.29. The van der Waals surface area contributed by atoms with Gasteiger partial charge in [-0.3, -0.25) is 0 Å². The number of hydrogen-bond donors (Lipinski definition) is 2. The fraction of sp³-hybridized carbons (Fsp3) is 0.588. The first-order valence-corrected chi connectivity index (χ1v) is 7.53. The van der Waals surface area contributed by atoms with Crippen molar-refractivity contribution in [2.24, 2.45) is 22.1 Å². The van der Waals surface area contributed by atoms with Crippen LogP contribution >= 0.6 is 0 Å². The second-order valence-corrected chi connectivity index (χ2v) is 6.35. The van der Waals surface area contributed by atoms with Crippen LogP contribution in [0.1, 0.15) is 40.5 Å². The highest BCUT2D eigenvalue weighted by molar-refractivity contribution is 5.83. The van der Waals surface area contributed by atoms with Crippen molar-refractivity contribution >= 4 is 11.5 Å². The summed E-state index contributed by atoms with van der Waals surface area (Å²) in [7, 11) is 0. The fourth-order valence-corrected chi connectivity index (χ4v) is 2.33. The molecule has 1 aromatic carbocycles. The van der Waals surface area contributed by atoms with Crippen molar-refractivity contribution in [3.05, 3.63) is 24.3 Å². The number of rotatable bonds is 7. The highest BCUT2D eigenvalue weighted by Gasteiger charge is 2.23. The Bertz CT molecular complexity index is 464. The van der Waals surface area contributed by atoms with E-state index in [1.54, 1.807) is 0 Å². The summed E-state index contributed by atoms with van der Waals surface area (Å²) in [5, 5.41) is 8.77. The molecule has 1 unspecified atom stereocenters. The van der Waals surface area contributed by atoms with E-state index in [0.717, 1.165) is 18.5 Å². The number of nitrogens with zero attached hydrogens (tertiary/aromatic N) is 1. The van der Waals surface area contributed by atoms with Gasteiger partial charge in [-0.15, -0.1) is 0 Å². The third-order valence-electron chi connectivity index (χ3n) is 3.62. The number of nitrogens with two attached hydrogens (primary N) is 1. The maximum Gasteiger partial charge on any atom is 0.121 e. The topological polar surface area (TPSA) is 67.8 Å². The lowest BCUT2D eigenvalue weighted by atomic mass is 9.77. The number of aliphatic hydroxyl groups excluding tert-OH is 1. The lowest BCUT2D eigenvalue weighted by molar-refractivity contribution is 0.201. The smallest absolute Gasteiger partial charge is 0.121 e. The first-order chi connectivity index (χ1) is 9.86. The Morgan fingerprint density at radius 1 is 1.38 bits per heavy atom. The molecule has 0 spiro atoms. The zero-order chi connectivity index (χ0) is 15.9. The summed E-state index contributed by atoms with van der Waals surface area (Å²) < 4.78 is 5.37. The van der Waals surface area contributed by atoms with Gasteiger partial charge in [-0.25, -0.2) is 4.99 Å². The van der Waals surface area contributed by atoms with Crippen LogP contribution in [-0.4, -0.2) is 24.2 Å². The molecule has 4 nitrogen and oxygen atoms in total. The Morgan fingerprint density at radius 2 is 2.10 bits per heavy atom. The van der Waals surface area contributed by atoms with Crippen molar-refractivity contribution in [2.45, 2.75) is 40.5 Å². The number of aliphatic hydroxyl groups is 1. The van der Waals surface area contributed by atoms with Crippen molar-refractivity contribution < 1.29 is 9.84 Å². The summed E-state index contributed by atoms with van der Waals surface area (Å²) in [6.45, 7) is 9.17. The van der Waals surface area contributed by atoms with E-state index in [1.165, 1.54) is 0 Å². The minimum absolute atomic E-state index is 0.000598. The normalized spacial score (nSPS) is 14.0. The first-order valence-electron chi connectivity index (χ1n) is 7.53. The fourth-order valence-electron chi connectivity index (χ4n) is 2.33. The van der Waals surface area contributed by atoms with E-state index in [2.05, 4.69) is 32.7 Å². The first kappa shape index (κ1) is 17.5. The predicted octanol–water partition coefficient (Wildman–Crippen LogP) is 3.51. The molecule has 0 bridgehead atoms. The van der Waals surface area contributed by atoms with Crippen LogP contribution in [0.25, 0.3) is 0 Å². The zero-order valence-electron chi connectivity index (χ0n) is 13.6. The van der Waals surface area contributed by atoms with Crippen LogP contribution in [0.2, 0.25) is 0 Å². The van der Waals surface area contributed by atoms with Gasteiger partial charge in [0, 0.05) is 12.5 Å². The van der Waals surface area contributed by atoms with Gasteiger partial charge in [-0.05, 0) is 23.5 Å². The van der Waals surface area contributed by atoms with Crippen molar-refractivity contribution in [1.82, 2.24) is 0 Å². The number of benzene rings is 1. The van der Waals surface area contributed by atoms with Crippen molar-refractivity contribution in [3.63, 3.8) is 0 Å². The number of hydrogen-bond acceptors (Lipinski definition) is 3. The van der Waals surface area contributed by atoms with E-state index in [0.29, 0.717) is 17.5 Å². The number of aliphatic imine (C=N–C) groups is 1. The largest absolute Gasteiger partial charge is 0.491 e. The average molecular weight is 292 g/mol. The van der Waals surface area contributed by atoms with Crippen molar-refractivity contribution in [1.29, 1.82) is 0 Å². The third kappa shape index (κ3) is 6.17. The van der Waals surface area contributed by atoms with E-state index in [1.807, 2.05) is 24.3 Å². The van der Waals surface area contributed by atoms with E-state index < -0.39 is 0 Å². The predicted molar refractivity (Wildman–Crippen MR) is 88.2 cm³/mol. The van der Waals surface area contributed by atoms with Crippen LogP contribution in [0.4, 0.5) is 5.69 Å². The van der Waals surface area contributed by atoms with Crippen LogP contribution in [0.5, 0.6) is 5.75 Å². The molecule has 0 amide bonds. The quantitative estimate of drug-likeness (QED) is 0.597. The molecule has 3 N–H and O–H groups in total. The second kappa shape index (κ2) is 8.03. The van der Waals surface area contributed by atoms with Crippen LogP contribution in [0.15, 0.2) is 29.3 Å². The van der Waals surface area contributed by atoms with Gasteiger partial charge in [0.1, 0.15) is 12.4 Å². The van der Waals surface area contributed by atoms with E-state index in [9.17, 15) is 0 Å². The molecule has 0 aromatic heterocycles. The maximum atomic E-state index is 8.77. The molecule has 0 fully saturated rings. The minimum atomic E-state index is -0.000598. The van der Waals surface area contributed by atoms with Gasteiger partial charge in [0.2, 0.25) is 0 Å². The van der Waals surface area contributed by atoms with Gasteiger partial charge in [0.25, 0.3) is 0 Å². The molecule has 21 heavy (non-hydrogen) atoms. The van der Waals surface area contributed by atoms with Crippen LogP contribution in [-0.2, 0) is 0 Å². The summed E-state index contributed by atoms with van der Waals surface area (Å²) in [5.41, 5.74) is 7.11. The van der Waals surface area contributed by atoms with Gasteiger partial charge in [0.15, 0.2) is 0 Å². The molecule has 0 aliphatic carbocycles. The van der Waals surface area contributed by atoms with Gasteiger partial charge < -0.3 is 15.6 Å². The summed E-state index contributed by atoms with van der Waals surface area (Å²) in [4.78, 5) is 4.48. The zero-order valence-corrected chi connectivity index (χ0v) is 13.6. The molecule has 0 aliphatic heterocycles. The Labute approximate surface area is 128 Å². The Balaban J connectivity index is 2.77. The Morgan fingerprint density at radius 3 is 2.67 bits per heavy atom. The molecule has 1 aromatic rings. The highest BCUT2D eigenvalue weighted by atomic mass is 16.5. The SMILES string of the molecule is CCC(CC(N)=Nc1cccc(OCCO)c1)C(C)(C)C. The molecule has 0 heterocycles. The summed E-state index contributed by atoms with van der Waals surface area (Å²) in [5.74, 6) is 1.85. The summed E-state index contributed by atoms with van der Waals surface area (Å²) in [6.07, 6.45) is 1.88. The molecular formula is C17H28N2O2. The van der Waals surface area contributed by atoms with E-state index in [4.69, 9.17) is 15.6 Å². The van der Waals surface area contributed by atoms with Crippen LogP contribution < -0.4 is 10.5 Å². The Kier molecular flexibility index (Phi) is 6.69. The molecule has 1 rings (SSSR count). The monoisotopic (exact) mass is 292 g/mol. The number of amidine groups is 1. The summed E-state index contributed by atoms with van der Waals surface area (Å²) >= 11 is 0. The molecular weight excluding hydrogens is 264 g/mol. The van der Waals surface area contributed by atoms with Gasteiger partial charge in [-0.1, -0.05) is 40.2 Å². The third-order valence-corrected chi connectivity index (χ3v) is 3.62. The van der Waals surface area contributed by atoms with E-state index >= 15 is 0 Å². The molecule has 0 saturated heterocycles. The highest BCUT2D eigenvalue weighted by Crippen LogP contribution is 2.31. The molecule has 4 heteroatoms. The molecule has 0 saturated carbocycles. The molecule has 0 radical (unpaired) electrons. The van der Waals surface area contributed by atoms with Crippen molar-refractivity contribution in [2.75, 3.05) is 13.2 Å². The maximum absolute atomic E-state index is 8.77. The summed E-state index contributed by atoms with van der Waals surface area (Å²) in [6, 6.07) is 7.45. The van der Waals surface area contributed by atoms with Gasteiger partial charge in [0.05, 0.1) is 18.1 Å². The minimum Gasteiger partial charge on any atom is -0.491 e. The average Bonchev–Trinajstić information content (AvgIpc) is 2.41. The second-order valence-electron chi connectivity index (χ2n) is 6.35. The number of ether oxygens (including phenoxy) is 1. The Hall–Kier alpha value is -1.55. The van der Waals surface area contributed by atoms with Crippen LogP contribution in [0.3, 0.4) is 0 Å².